The summed E-state index contributed by atoms with van der Waals surface area (Å²) in [4.78, 5) is 13.0. The molecule has 0 spiro atoms. The summed E-state index contributed by atoms with van der Waals surface area (Å²) in [7, 11) is 0. The smallest absolute Gasteiger partial charge is 0.226 e. The van der Waals surface area contributed by atoms with Crippen molar-refractivity contribution >= 4 is 5.91 Å². The highest BCUT2D eigenvalue weighted by Crippen LogP contribution is 2.36. The highest BCUT2D eigenvalue weighted by atomic mass is 16.5. The average molecular weight is 386 g/mol. The van der Waals surface area contributed by atoms with E-state index in [1.807, 2.05) is 55.8 Å². The van der Waals surface area contributed by atoms with Gasteiger partial charge in [0.05, 0.1) is 23.8 Å². The molecule has 152 valence electrons. The number of carbonyl (C=O) groups is 1. The van der Waals surface area contributed by atoms with Gasteiger partial charge in [-0.3, -0.25) is 9.48 Å². The van der Waals surface area contributed by atoms with Gasteiger partial charge in [-0.05, 0) is 64.8 Å². The van der Waals surface area contributed by atoms with Crippen molar-refractivity contribution in [1.82, 2.24) is 15.1 Å². The number of rotatable bonds is 7. The van der Waals surface area contributed by atoms with E-state index in [1.54, 1.807) is 6.20 Å². The van der Waals surface area contributed by atoms with Crippen molar-refractivity contribution in [2.24, 2.45) is 5.92 Å². The van der Waals surface area contributed by atoms with Crippen LogP contribution in [0.5, 0.6) is 5.75 Å². The molecule has 0 saturated carbocycles. The summed E-state index contributed by atoms with van der Waals surface area (Å²) in [6.07, 6.45) is 2.38. The summed E-state index contributed by atoms with van der Waals surface area (Å²) in [6.45, 7) is 10.7. The third kappa shape index (κ3) is 4.55. The number of aromatic nitrogens is 2. The summed E-state index contributed by atoms with van der Waals surface area (Å²) in [6, 6.07) is 9.98. The lowest BCUT2D eigenvalue weighted by atomic mass is 9.96. The van der Waals surface area contributed by atoms with Gasteiger partial charge in [0, 0.05) is 18.8 Å². The molecule has 3 atom stereocenters. The quantitative estimate of drug-likeness (QED) is 0.775. The molecule has 0 bridgehead atoms. The second kappa shape index (κ2) is 8.78. The molecule has 2 heterocycles. The molecule has 0 radical (unpaired) electrons. The van der Waals surface area contributed by atoms with E-state index in [0.717, 1.165) is 17.0 Å². The molecule has 1 unspecified atom stereocenters. The van der Waals surface area contributed by atoms with Crippen molar-refractivity contribution < 1.29 is 14.3 Å². The van der Waals surface area contributed by atoms with Crippen molar-refractivity contribution in [3.8, 4) is 5.75 Å². The summed E-state index contributed by atoms with van der Waals surface area (Å²) < 4.78 is 13.5. The molecule has 2 aromatic rings. The maximum Gasteiger partial charge on any atom is 0.226 e. The van der Waals surface area contributed by atoms with Crippen LogP contribution in [0.3, 0.4) is 0 Å². The molecule has 1 fully saturated rings. The van der Waals surface area contributed by atoms with Gasteiger partial charge in [-0.1, -0.05) is 12.1 Å². The van der Waals surface area contributed by atoms with Crippen molar-refractivity contribution in [1.29, 1.82) is 0 Å². The van der Waals surface area contributed by atoms with Crippen molar-refractivity contribution in [3.05, 3.63) is 47.8 Å². The average Bonchev–Trinajstić information content (AvgIpc) is 3.30. The number of amides is 1. The first-order chi connectivity index (χ1) is 13.4. The first-order valence-electron chi connectivity index (χ1n) is 10.1. The summed E-state index contributed by atoms with van der Waals surface area (Å²) in [5, 5.41) is 7.53. The third-order valence-electron chi connectivity index (χ3n) is 5.02. The van der Waals surface area contributed by atoms with Crippen LogP contribution < -0.4 is 10.1 Å². The Hall–Kier alpha value is -2.34. The van der Waals surface area contributed by atoms with Gasteiger partial charge in [0.25, 0.3) is 0 Å². The van der Waals surface area contributed by atoms with Crippen LogP contribution in [0.4, 0.5) is 0 Å². The molecular formula is C22H31N3O3. The number of ether oxygens (including phenoxy) is 2. The van der Waals surface area contributed by atoms with Crippen LogP contribution in [0.15, 0.2) is 36.5 Å². The molecule has 1 saturated heterocycles. The first-order valence-corrected chi connectivity index (χ1v) is 10.1. The molecular weight excluding hydrogens is 354 g/mol. The summed E-state index contributed by atoms with van der Waals surface area (Å²) in [5.74, 6) is 0.651. The zero-order valence-corrected chi connectivity index (χ0v) is 17.4. The molecule has 1 aromatic carbocycles. The molecule has 1 aliphatic heterocycles. The van der Waals surface area contributed by atoms with E-state index >= 15 is 0 Å². The van der Waals surface area contributed by atoms with Crippen molar-refractivity contribution in [2.45, 2.75) is 65.3 Å². The number of nitrogens with one attached hydrogen (secondary N) is 1. The van der Waals surface area contributed by atoms with Crippen molar-refractivity contribution in [3.63, 3.8) is 0 Å². The maximum absolute atomic E-state index is 13.0. The van der Waals surface area contributed by atoms with Crippen LogP contribution in [-0.4, -0.2) is 28.4 Å². The third-order valence-corrected chi connectivity index (χ3v) is 5.02. The predicted octanol–water partition coefficient (Wildman–Crippen LogP) is 4.21. The van der Waals surface area contributed by atoms with E-state index in [0.29, 0.717) is 13.0 Å². The Bertz CT molecular complexity index is 783. The van der Waals surface area contributed by atoms with Crippen LogP contribution in [0.2, 0.25) is 0 Å². The number of hydrogen-bond donors (Lipinski definition) is 1. The number of carbonyl (C=O) groups excluding carboxylic acids is 1. The molecule has 6 nitrogen and oxygen atoms in total. The van der Waals surface area contributed by atoms with Gasteiger partial charge in [-0.25, -0.2) is 0 Å². The fourth-order valence-electron chi connectivity index (χ4n) is 3.64. The van der Waals surface area contributed by atoms with E-state index in [-0.39, 0.29) is 36.1 Å². The molecule has 1 aromatic heterocycles. The van der Waals surface area contributed by atoms with Gasteiger partial charge in [0.2, 0.25) is 5.91 Å². The minimum absolute atomic E-state index is 0.0222. The van der Waals surface area contributed by atoms with Crippen molar-refractivity contribution in [2.75, 3.05) is 6.61 Å². The SMILES string of the molecule is CC(C)Oc1ccc(C(C)NC(=O)[C@H]2CCO[C@@H]2c2ccnn2C(C)C)cc1. The zero-order valence-electron chi connectivity index (χ0n) is 17.4. The van der Waals surface area contributed by atoms with Gasteiger partial charge < -0.3 is 14.8 Å². The lowest BCUT2D eigenvalue weighted by molar-refractivity contribution is -0.127. The van der Waals surface area contributed by atoms with Crippen LogP contribution in [-0.2, 0) is 9.53 Å². The molecule has 1 N–H and O–H groups in total. The lowest BCUT2D eigenvalue weighted by Gasteiger charge is -2.23. The molecule has 0 aliphatic carbocycles. The minimum Gasteiger partial charge on any atom is -0.491 e. The topological polar surface area (TPSA) is 65.4 Å². The lowest BCUT2D eigenvalue weighted by Crippen LogP contribution is -2.34. The van der Waals surface area contributed by atoms with Crippen LogP contribution in [0.25, 0.3) is 0 Å². The van der Waals surface area contributed by atoms with E-state index in [2.05, 4.69) is 24.3 Å². The second-order valence-electron chi connectivity index (χ2n) is 7.95. The summed E-state index contributed by atoms with van der Waals surface area (Å²) >= 11 is 0. The Balaban J connectivity index is 1.67. The van der Waals surface area contributed by atoms with Gasteiger partial charge in [0.1, 0.15) is 11.9 Å². The van der Waals surface area contributed by atoms with E-state index in [4.69, 9.17) is 9.47 Å². The zero-order chi connectivity index (χ0) is 20.3. The summed E-state index contributed by atoms with van der Waals surface area (Å²) in [5.41, 5.74) is 2.02. The molecule has 1 amide bonds. The van der Waals surface area contributed by atoms with E-state index < -0.39 is 0 Å². The second-order valence-corrected chi connectivity index (χ2v) is 7.95. The minimum atomic E-state index is -0.251. The standard InChI is InChI=1S/C22H31N3O3/c1-14(2)25-20(10-12-23-25)21-19(11-13-27-21)22(26)24-16(5)17-6-8-18(9-7-17)28-15(3)4/h6-10,12,14-16,19,21H,11,13H2,1-5H3,(H,24,26)/t16?,19-,21-/m0/s1. The highest BCUT2D eigenvalue weighted by molar-refractivity contribution is 5.80. The number of benzene rings is 1. The number of nitrogens with zero attached hydrogens (tertiary/aromatic N) is 2. The fourth-order valence-corrected chi connectivity index (χ4v) is 3.64. The molecule has 6 heteroatoms. The van der Waals surface area contributed by atoms with Crippen LogP contribution in [0, 0.1) is 5.92 Å². The Morgan fingerprint density at radius 1 is 1.18 bits per heavy atom. The normalized spacial score (nSPS) is 20.5. The fraction of sp³-hybridized carbons (Fsp3) is 0.545. The van der Waals surface area contributed by atoms with Gasteiger partial charge in [-0.15, -0.1) is 0 Å². The maximum atomic E-state index is 13.0. The molecule has 1 aliphatic rings. The van der Waals surface area contributed by atoms with E-state index in [9.17, 15) is 4.79 Å². The molecule has 28 heavy (non-hydrogen) atoms. The van der Waals surface area contributed by atoms with Crippen LogP contribution in [0.1, 0.15) is 70.5 Å². The Morgan fingerprint density at radius 3 is 2.54 bits per heavy atom. The Morgan fingerprint density at radius 2 is 1.89 bits per heavy atom. The van der Waals surface area contributed by atoms with Crippen LogP contribution >= 0.6 is 0 Å². The van der Waals surface area contributed by atoms with Gasteiger partial charge in [0.15, 0.2) is 0 Å². The first kappa shape index (κ1) is 20.4. The Kier molecular flexibility index (Phi) is 6.39. The predicted molar refractivity (Wildman–Crippen MR) is 108 cm³/mol. The highest BCUT2D eigenvalue weighted by Gasteiger charge is 2.37. The number of hydrogen-bond acceptors (Lipinski definition) is 4. The monoisotopic (exact) mass is 385 g/mol. The Labute approximate surface area is 167 Å². The largest absolute Gasteiger partial charge is 0.491 e. The van der Waals surface area contributed by atoms with Gasteiger partial charge in [-0.2, -0.15) is 5.10 Å². The van der Waals surface area contributed by atoms with E-state index in [1.165, 1.54) is 0 Å². The molecule has 3 rings (SSSR count). The van der Waals surface area contributed by atoms with Gasteiger partial charge >= 0.3 is 0 Å².